The van der Waals surface area contributed by atoms with Crippen LogP contribution in [0.1, 0.15) is 0 Å². The maximum Gasteiger partial charge on any atom is 0.253 e. The van der Waals surface area contributed by atoms with E-state index in [1.807, 2.05) is 78.9 Å². The van der Waals surface area contributed by atoms with E-state index >= 15 is 0 Å². The number of benzene rings is 3. The predicted molar refractivity (Wildman–Crippen MR) is 104 cm³/mol. The van der Waals surface area contributed by atoms with Crippen LogP contribution in [0.15, 0.2) is 85.1 Å². The summed E-state index contributed by atoms with van der Waals surface area (Å²) >= 11 is 0. The molecule has 0 saturated heterocycles. The van der Waals surface area contributed by atoms with E-state index in [0.717, 1.165) is 22.3 Å². The van der Waals surface area contributed by atoms with Gasteiger partial charge in [0.1, 0.15) is 6.54 Å². The fraction of sp³-hybridized carbons (Fsp3) is 0.0476. The SMILES string of the molecule is Nc1ccc2cnn(CC(=O)N(c3ccccc3)c3ccccc3)c2c1. The van der Waals surface area contributed by atoms with Gasteiger partial charge in [-0.15, -0.1) is 0 Å². The van der Waals surface area contributed by atoms with Crippen molar-refractivity contribution in [1.29, 1.82) is 0 Å². The maximum absolute atomic E-state index is 13.2. The lowest BCUT2D eigenvalue weighted by atomic mass is 10.2. The summed E-state index contributed by atoms with van der Waals surface area (Å²) in [5, 5.41) is 5.32. The Morgan fingerprint density at radius 3 is 2.15 bits per heavy atom. The van der Waals surface area contributed by atoms with Gasteiger partial charge in [-0.25, -0.2) is 0 Å². The number of carbonyl (C=O) groups excluding carboxylic acids is 1. The second kappa shape index (κ2) is 6.72. The number of rotatable bonds is 4. The second-order valence-electron chi connectivity index (χ2n) is 6.02. The van der Waals surface area contributed by atoms with Gasteiger partial charge in [-0.05, 0) is 42.5 Å². The first-order valence-electron chi connectivity index (χ1n) is 8.36. The molecule has 0 radical (unpaired) electrons. The number of amides is 1. The molecule has 1 amide bonds. The highest BCUT2D eigenvalue weighted by molar-refractivity contribution is 6.00. The Balaban J connectivity index is 1.72. The minimum absolute atomic E-state index is 0.0742. The number of para-hydroxylation sites is 2. The van der Waals surface area contributed by atoms with Crippen LogP contribution in [-0.2, 0) is 11.3 Å². The summed E-state index contributed by atoms with van der Waals surface area (Å²) in [7, 11) is 0. The summed E-state index contributed by atoms with van der Waals surface area (Å²) in [6, 6.07) is 24.8. The molecule has 1 heterocycles. The van der Waals surface area contributed by atoms with Gasteiger partial charge in [0.15, 0.2) is 0 Å². The van der Waals surface area contributed by atoms with E-state index in [1.54, 1.807) is 15.8 Å². The first-order chi connectivity index (χ1) is 12.7. The standard InChI is InChI=1S/C21H18N4O/c22-17-12-11-16-14-23-24(20(16)13-17)15-21(26)25(18-7-3-1-4-8-18)19-9-5-2-6-10-19/h1-14H,15,22H2. The summed E-state index contributed by atoms with van der Waals surface area (Å²) in [6.45, 7) is 0.122. The Labute approximate surface area is 151 Å². The van der Waals surface area contributed by atoms with Gasteiger partial charge < -0.3 is 5.73 Å². The third kappa shape index (κ3) is 3.02. The van der Waals surface area contributed by atoms with Gasteiger partial charge in [0, 0.05) is 22.4 Å². The number of nitrogen functional groups attached to an aromatic ring is 1. The molecule has 128 valence electrons. The molecule has 5 nitrogen and oxygen atoms in total. The maximum atomic E-state index is 13.2. The molecule has 26 heavy (non-hydrogen) atoms. The third-order valence-electron chi connectivity index (χ3n) is 4.23. The van der Waals surface area contributed by atoms with Crippen molar-refractivity contribution < 1.29 is 4.79 Å². The second-order valence-corrected chi connectivity index (χ2v) is 6.02. The number of nitrogens with zero attached hydrogens (tertiary/aromatic N) is 3. The minimum Gasteiger partial charge on any atom is -0.399 e. The van der Waals surface area contributed by atoms with E-state index in [9.17, 15) is 4.79 Å². The average Bonchev–Trinajstić information content (AvgIpc) is 3.06. The first kappa shape index (κ1) is 15.9. The highest BCUT2D eigenvalue weighted by atomic mass is 16.2. The number of hydrogen-bond donors (Lipinski definition) is 1. The van der Waals surface area contributed by atoms with Gasteiger partial charge in [-0.1, -0.05) is 36.4 Å². The van der Waals surface area contributed by atoms with Crippen molar-refractivity contribution in [3.8, 4) is 0 Å². The number of hydrogen-bond acceptors (Lipinski definition) is 3. The van der Waals surface area contributed by atoms with E-state index in [2.05, 4.69) is 5.10 Å². The van der Waals surface area contributed by atoms with Crippen LogP contribution in [-0.4, -0.2) is 15.7 Å². The smallest absolute Gasteiger partial charge is 0.253 e. The van der Waals surface area contributed by atoms with Crippen LogP contribution in [0.4, 0.5) is 17.1 Å². The normalized spacial score (nSPS) is 10.8. The third-order valence-corrected chi connectivity index (χ3v) is 4.23. The summed E-state index contributed by atoms with van der Waals surface area (Å²) < 4.78 is 1.69. The van der Waals surface area contributed by atoms with Crippen molar-refractivity contribution in [2.75, 3.05) is 10.6 Å². The van der Waals surface area contributed by atoms with E-state index in [0.29, 0.717) is 5.69 Å². The van der Waals surface area contributed by atoms with Gasteiger partial charge >= 0.3 is 0 Å². The summed E-state index contributed by atoms with van der Waals surface area (Å²) in [5.41, 5.74) is 9.02. The monoisotopic (exact) mass is 342 g/mol. The molecule has 2 N–H and O–H groups in total. The number of fused-ring (bicyclic) bond motifs is 1. The molecule has 0 aliphatic rings. The molecule has 0 atom stereocenters. The van der Waals surface area contributed by atoms with E-state index in [4.69, 9.17) is 5.73 Å². The van der Waals surface area contributed by atoms with Crippen LogP contribution < -0.4 is 10.6 Å². The van der Waals surface area contributed by atoms with Crippen LogP contribution in [0, 0.1) is 0 Å². The molecule has 0 saturated carbocycles. The molecule has 0 aliphatic heterocycles. The topological polar surface area (TPSA) is 64.1 Å². The summed E-state index contributed by atoms with van der Waals surface area (Å²) in [4.78, 5) is 14.9. The molecule has 0 fully saturated rings. The molecule has 5 heteroatoms. The van der Waals surface area contributed by atoms with Crippen molar-refractivity contribution in [2.45, 2.75) is 6.54 Å². The Morgan fingerprint density at radius 2 is 1.54 bits per heavy atom. The number of nitrogens with two attached hydrogens (primary N) is 1. The zero-order valence-electron chi connectivity index (χ0n) is 14.1. The van der Waals surface area contributed by atoms with Crippen LogP contribution in [0.3, 0.4) is 0 Å². The van der Waals surface area contributed by atoms with Crippen molar-refractivity contribution >= 4 is 33.9 Å². The van der Waals surface area contributed by atoms with Gasteiger partial charge in [0.2, 0.25) is 0 Å². The molecule has 0 aliphatic carbocycles. The van der Waals surface area contributed by atoms with Gasteiger partial charge in [0.05, 0.1) is 11.7 Å². The lowest BCUT2D eigenvalue weighted by Crippen LogP contribution is -2.30. The lowest BCUT2D eigenvalue weighted by molar-refractivity contribution is -0.118. The van der Waals surface area contributed by atoms with Crippen molar-refractivity contribution in [1.82, 2.24) is 9.78 Å². The molecule has 4 aromatic rings. The minimum atomic E-state index is -0.0742. The Hall–Kier alpha value is -3.60. The molecule has 0 spiro atoms. The number of anilines is 3. The summed E-state index contributed by atoms with van der Waals surface area (Å²) in [6.07, 6.45) is 1.75. The Bertz CT molecular complexity index is 1000. The van der Waals surface area contributed by atoms with E-state index in [1.165, 1.54) is 0 Å². The molecular weight excluding hydrogens is 324 g/mol. The van der Waals surface area contributed by atoms with E-state index < -0.39 is 0 Å². The van der Waals surface area contributed by atoms with Gasteiger partial charge in [0.25, 0.3) is 5.91 Å². The Morgan fingerprint density at radius 1 is 0.923 bits per heavy atom. The Kier molecular flexibility index (Phi) is 4.11. The lowest BCUT2D eigenvalue weighted by Gasteiger charge is -2.23. The molecule has 0 bridgehead atoms. The van der Waals surface area contributed by atoms with Crippen molar-refractivity contribution in [3.63, 3.8) is 0 Å². The van der Waals surface area contributed by atoms with Crippen LogP contribution >= 0.6 is 0 Å². The van der Waals surface area contributed by atoms with Gasteiger partial charge in [-0.3, -0.25) is 14.4 Å². The zero-order valence-corrected chi connectivity index (χ0v) is 14.1. The molecule has 1 aromatic heterocycles. The van der Waals surface area contributed by atoms with Crippen LogP contribution in [0.2, 0.25) is 0 Å². The van der Waals surface area contributed by atoms with Crippen molar-refractivity contribution in [2.24, 2.45) is 0 Å². The fourth-order valence-corrected chi connectivity index (χ4v) is 3.00. The van der Waals surface area contributed by atoms with Crippen LogP contribution in [0.25, 0.3) is 10.9 Å². The van der Waals surface area contributed by atoms with Crippen LogP contribution in [0.5, 0.6) is 0 Å². The summed E-state index contributed by atoms with van der Waals surface area (Å²) in [5.74, 6) is -0.0742. The van der Waals surface area contributed by atoms with Gasteiger partial charge in [-0.2, -0.15) is 5.10 Å². The zero-order chi connectivity index (χ0) is 17.9. The molecule has 4 rings (SSSR count). The number of aromatic nitrogens is 2. The molecule has 0 unspecified atom stereocenters. The fourth-order valence-electron chi connectivity index (χ4n) is 3.00. The average molecular weight is 342 g/mol. The molecule has 3 aromatic carbocycles. The highest BCUT2D eigenvalue weighted by Crippen LogP contribution is 2.26. The quantitative estimate of drug-likeness (QED) is 0.571. The largest absolute Gasteiger partial charge is 0.399 e. The van der Waals surface area contributed by atoms with Crippen molar-refractivity contribution in [3.05, 3.63) is 85.1 Å². The number of carbonyl (C=O) groups is 1. The highest BCUT2D eigenvalue weighted by Gasteiger charge is 2.19. The predicted octanol–water partition coefficient (Wildman–Crippen LogP) is 3.98. The molecular formula is C21H18N4O. The van der Waals surface area contributed by atoms with E-state index in [-0.39, 0.29) is 12.5 Å². The first-order valence-corrected chi connectivity index (χ1v) is 8.36.